The van der Waals surface area contributed by atoms with Crippen molar-refractivity contribution in [2.45, 2.75) is 71.5 Å². The number of carbonyl (C=O) groups is 2. The van der Waals surface area contributed by atoms with Crippen LogP contribution in [0.3, 0.4) is 0 Å². The standard InChI is InChI=1S/C16H32N2O6/c1-15(2,3)23-13(21)10-17-7-8-18-11(9-12(19)20)14(22)24-16(4,5)6/h11,13,17-18,21H,7-10H2,1-6H3,(H,19,20). The fraction of sp³-hybridized carbons (Fsp3) is 0.875. The number of aliphatic hydroxyl groups is 1. The molecule has 0 fully saturated rings. The number of nitrogens with one attached hydrogen (secondary N) is 2. The van der Waals surface area contributed by atoms with Gasteiger partial charge in [-0.05, 0) is 41.5 Å². The third-order valence-corrected chi connectivity index (χ3v) is 2.57. The molecule has 0 aliphatic rings. The van der Waals surface area contributed by atoms with Crippen LogP contribution in [-0.4, -0.2) is 65.3 Å². The molecule has 8 nitrogen and oxygen atoms in total. The molecular formula is C16H32N2O6. The fourth-order valence-corrected chi connectivity index (χ4v) is 1.80. The largest absolute Gasteiger partial charge is 0.481 e. The molecule has 0 aromatic heterocycles. The Bertz CT molecular complexity index is 400. The van der Waals surface area contributed by atoms with Gasteiger partial charge < -0.3 is 30.3 Å². The number of carboxylic acids is 1. The molecule has 0 bridgehead atoms. The number of hydrogen-bond acceptors (Lipinski definition) is 7. The normalized spacial score (nSPS) is 15.0. The smallest absolute Gasteiger partial charge is 0.324 e. The van der Waals surface area contributed by atoms with Crippen LogP contribution in [0, 0.1) is 0 Å². The second kappa shape index (κ2) is 9.93. The minimum atomic E-state index is -1.08. The van der Waals surface area contributed by atoms with E-state index in [1.165, 1.54) is 0 Å². The zero-order valence-electron chi connectivity index (χ0n) is 15.5. The summed E-state index contributed by atoms with van der Waals surface area (Å²) in [6.07, 6.45) is -1.30. The second-order valence-electron chi connectivity index (χ2n) is 7.53. The number of aliphatic hydroxyl groups excluding tert-OH is 1. The average Bonchev–Trinajstić information content (AvgIpc) is 2.32. The van der Waals surface area contributed by atoms with Crippen molar-refractivity contribution in [2.75, 3.05) is 19.6 Å². The average molecular weight is 348 g/mol. The van der Waals surface area contributed by atoms with E-state index in [-0.39, 0.29) is 13.0 Å². The Morgan fingerprint density at radius 1 is 1.04 bits per heavy atom. The molecule has 2 atom stereocenters. The van der Waals surface area contributed by atoms with E-state index in [1.54, 1.807) is 20.8 Å². The molecule has 0 aliphatic heterocycles. The van der Waals surface area contributed by atoms with Crippen LogP contribution in [0.5, 0.6) is 0 Å². The Morgan fingerprint density at radius 3 is 2.08 bits per heavy atom. The van der Waals surface area contributed by atoms with Crippen LogP contribution in [0.15, 0.2) is 0 Å². The third kappa shape index (κ3) is 13.2. The van der Waals surface area contributed by atoms with Crippen LogP contribution in [-0.2, 0) is 19.1 Å². The molecule has 0 saturated heterocycles. The lowest BCUT2D eigenvalue weighted by Crippen LogP contribution is -2.45. The van der Waals surface area contributed by atoms with Crippen molar-refractivity contribution in [1.82, 2.24) is 10.6 Å². The first-order valence-corrected chi connectivity index (χ1v) is 8.05. The molecule has 8 heteroatoms. The summed E-state index contributed by atoms with van der Waals surface area (Å²) in [5.74, 6) is -1.68. The zero-order valence-corrected chi connectivity index (χ0v) is 15.5. The van der Waals surface area contributed by atoms with Gasteiger partial charge in [-0.2, -0.15) is 0 Å². The summed E-state index contributed by atoms with van der Waals surface area (Å²) in [5.41, 5.74) is -1.12. The number of carboxylic acid groups (broad SMARTS) is 1. The number of hydrogen-bond donors (Lipinski definition) is 4. The Balaban J connectivity index is 4.20. The van der Waals surface area contributed by atoms with Gasteiger partial charge in [-0.1, -0.05) is 0 Å². The van der Waals surface area contributed by atoms with Gasteiger partial charge >= 0.3 is 11.9 Å². The van der Waals surface area contributed by atoms with Crippen molar-refractivity contribution in [3.05, 3.63) is 0 Å². The molecule has 142 valence electrons. The summed E-state index contributed by atoms with van der Waals surface area (Å²) in [6, 6.07) is -0.917. The van der Waals surface area contributed by atoms with Crippen LogP contribution < -0.4 is 10.6 Å². The van der Waals surface area contributed by atoms with Gasteiger partial charge in [0, 0.05) is 19.6 Å². The summed E-state index contributed by atoms with van der Waals surface area (Å²) in [5, 5.41) is 24.4. The van der Waals surface area contributed by atoms with Crippen LogP contribution in [0.2, 0.25) is 0 Å². The highest BCUT2D eigenvalue weighted by molar-refractivity contribution is 5.82. The van der Waals surface area contributed by atoms with E-state index in [9.17, 15) is 14.7 Å². The molecule has 0 spiro atoms. The van der Waals surface area contributed by atoms with E-state index < -0.39 is 35.5 Å². The highest BCUT2D eigenvalue weighted by atomic mass is 16.6. The van der Waals surface area contributed by atoms with Crippen molar-refractivity contribution in [3.63, 3.8) is 0 Å². The molecule has 0 aromatic rings. The monoisotopic (exact) mass is 348 g/mol. The first-order chi connectivity index (χ1) is 10.8. The molecule has 0 aromatic carbocycles. The van der Waals surface area contributed by atoms with Crippen molar-refractivity contribution < 1.29 is 29.3 Å². The SMILES string of the molecule is CC(C)(C)OC(=O)C(CC(=O)O)NCCNCC(O)OC(C)(C)C. The highest BCUT2D eigenvalue weighted by Crippen LogP contribution is 2.10. The maximum absolute atomic E-state index is 12.0. The van der Waals surface area contributed by atoms with Crippen molar-refractivity contribution >= 4 is 11.9 Å². The minimum absolute atomic E-state index is 0.231. The fourth-order valence-electron chi connectivity index (χ4n) is 1.80. The molecule has 0 saturated carbocycles. The first-order valence-electron chi connectivity index (χ1n) is 8.05. The maximum atomic E-state index is 12.0. The molecular weight excluding hydrogens is 316 g/mol. The first kappa shape index (κ1) is 22.8. The predicted molar refractivity (Wildman–Crippen MR) is 89.6 cm³/mol. The van der Waals surface area contributed by atoms with E-state index >= 15 is 0 Å². The van der Waals surface area contributed by atoms with E-state index in [2.05, 4.69) is 10.6 Å². The molecule has 2 unspecified atom stereocenters. The van der Waals surface area contributed by atoms with Gasteiger partial charge in [0.2, 0.25) is 0 Å². The quantitative estimate of drug-likeness (QED) is 0.256. The van der Waals surface area contributed by atoms with Gasteiger partial charge in [-0.25, -0.2) is 0 Å². The van der Waals surface area contributed by atoms with Gasteiger partial charge in [0.05, 0.1) is 12.0 Å². The van der Waals surface area contributed by atoms with Gasteiger partial charge in [0.1, 0.15) is 11.6 Å². The Hall–Kier alpha value is -1.22. The lowest BCUT2D eigenvalue weighted by atomic mass is 10.1. The van der Waals surface area contributed by atoms with Gasteiger partial charge in [-0.3, -0.25) is 9.59 Å². The van der Waals surface area contributed by atoms with E-state index in [0.717, 1.165) is 0 Å². The molecule has 0 radical (unpaired) electrons. The third-order valence-electron chi connectivity index (χ3n) is 2.57. The van der Waals surface area contributed by atoms with E-state index in [4.69, 9.17) is 14.6 Å². The topological polar surface area (TPSA) is 117 Å². The summed E-state index contributed by atoms with van der Waals surface area (Å²) in [4.78, 5) is 22.9. The van der Waals surface area contributed by atoms with Crippen LogP contribution in [0.4, 0.5) is 0 Å². The summed E-state index contributed by atoms with van der Waals surface area (Å²) in [7, 11) is 0. The van der Waals surface area contributed by atoms with Crippen molar-refractivity contribution in [1.29, 1.82) is 0 Å². The van der Waals surface area contributed by atoms with E-state index in [0.29, 0.717) is 13.1 Å². The van der Waals surface area contributed by atoms with Crippen molar-refractivity contribution in [2.24, 2.45) is 0 Å². The molecule has 4 N–H and O–H groups in total. The van der Waals surface area contributed by atoms with Crippen LogP contribution in [0.1, 0.15) is 48.0 Å². The van der Waals surface area contributed by atoms with E-state index in [1.807, 2.05) is 20.8 Å². The Labute approximate surface area is 143 Å². The number of aliphatic carboxylic acids is 1. The van der Waals surface area contributed by atoms with Gasteiger partial charge in [0.15, 0.2) is 6.29 Å². The Kier molecular flexibility index (Phi) is 9.42. The summed E-state index contributed by atoms with van der Waals surface area (Å²) < 4.78 is 10.5. The molecule has 0 aliphatic carbocycles. The van der Waals surface area contributed by atoms with Crippen LogP contribution >= 0.6 is 0 Å². The minimum Gasteiger partial charge on any atom is -0.481 e. The van der Waals surface area contributed by atoms with Gasteiger partial charge in [0.25, 0.3) is 0 Å². The molecule has 0 amide bonds. The maximum Gasteiger partial charge on any atom is 0.324 e. The number of carbonyl (C=O) groups excluding carboxylic acids is 1. The molecule has 24 heavy (non-hydrogen) atoms. The summed E-state index contributed by atoms with van der Waals surface area (Å²) in [6.45, 7) is 11.7. The lowest BCUT2D eigenvalue weighted by Gasteiger charge is -2.25. The number of ether oxygens (including phenoxy) is 2. The second-order valence-corrected chi connectivity index (χ2v) is 7.53. The lowest BCUT2D eigenvalue weighted by molar-refractivity contribution is -0.162. The predicted octanol–water partition coefficient (Wildman–Crippen LogP) is 0.484. The molecule has 0 heterocycles. The summed E-state index contributed by atoms with van der Waals surface area (Å²) >= 11 is 0. The van der Waals surface area contributed by atoms with Crippen molar-refractivity contribution in [3.8, 4) is 0 Å². The molecule has 0 rings (SSSR count). The highest BCUT2D eigenvalue weighted by Gasteiger charge is 2.26. The number of esters is 1. The van der Waals surface area contributed by atoms with Crippen LogP contribution in [0.25, 0.3) is 0 Å². The zero-order chi connectivity index (χ0) is 19.0. The van der Waals surface area contributed by atoms with Gasteiger partial charge in [-0.15, -0.1) is 0 Å². The Morgan fingerprint density at radius 2 is 1.62 bits per heavy atom. The number of rotatable bonds is 10.